The molecule has 1 aliphatic carbocycles. The van der Waals surface area contributed by atoms with Gasteiger partial charge in [0.25, 0.3) is 0 Å². The van der Waals surface area contributed by atoms with E-state index in [1.807, 2.05) is 12.1 Å². The smallest absolute Gasteiger partial charge is 0.0537 e. The monoisotopic (exact) mass is 252 g/mol. The van der Waals surface area contributed by atoms with Crippen molar-refractivity contribution in [2.45, 2.75) is 18.8 Å². The average molecular weight is 253 g/mol. The van der Waals surface area contributed by atoms with Crippen LogP contribution in [0.3, 0.4) is 0 Å². The number of rotatable bonds is 3. The van der Waals surface area contributed by atoms with Crippen LogP contribution in [0.2, 0.25) is 0 Å². The fraction of sp³-hybridized carbons (Fsp3) is 0.333. The van der Waals surface area contributed by atoms with Crippen molar-refractivity contribution in [3.63, 3.8) is 0 Å². The van der Waals surface area contributed by atoms with Gasteiger partial charge >= 0.3 is 0 Å². The summed E-state index contributed by atoms with van der Waals surface area (Å²) in [7, 11) is 0. The summed E-state index contributed by atoms with van der Waals surface area (Å²) in [4.78, 5) is 0. The zero-order valence-electron chi connectivity index (χ0n) is 7.91. The first-order valence-corrected chi connectivity index (χ1v) is 5.66. The molecule has 0 aromatic heterocycles. The third kappa shape index (κ3) is 1.91. The molecule has 0 bridgehead atoms. The van der Waals surface area contributed by atoms with Gasteiger partial charge in [-0.05, 0) is 30.5 Å². The summed E-state index contributed by atoms with van der Waals surface area (Å²) < 4.78 is 1.08. The lowest BCUT2D eigenvalue weighted by atomic mass is 9.83. The number of benzene rings is 1. The first-order chi connectivity index (χ1) is 6.81. The van der Waals surface area contributed by atoms with Gasteiger partial charge in [-0.1, -0.05) is 39.7 Å². The minimum absolute atomic E-state index is 0.216. The van der Waals surface area contributed by atoms with Crippen molar-refractivity contribution >= 4 is 15.9 Å². The first kappa shape index (κ1) is 9.94. The summed E-state index contributed by atoms with van der Waals surface area (Å²) in [6, 6.07) is 8.20. The Bertz CT molecular complexity index is 340. The predicted octanol–water partition coefficient (Wildman–Crippen LogP) is 3.25. The molecule has 0 saturated carbocycles. The van der Waals surface area contributed by atoms with E-state index in [0.29, 0.717) is 0 Å². The molecule has 14 heavy (non-hydrogen) atoms. The van der Waals surface area contributed by atoms with E-state index in [1.54, 1.807) is 0 Å². The van der Waals surface area contributed by atoms with E-state index in [4.69, 9.17) is 0 Å². The molecule has 0 heterocycles. The van der Waals surface area contributed by atoms with E-state index in [0.717, 1.165) is 10.9 Å². The topological polar surface area (TPSA) is 20.2 Å². The molecule has 1 aromatic carbocycles. The molecule has 0 amide bonds. The molecule has 0 fully saturated rings. The highest BCUT2D eigenvalue weighted by Crippen LogP contribution is 2.33. The highest BCUT2D eigenvalue weighted by Gasteiger charge is 2.19. The Morgan fingerprint density at radius 3 is 2.36 bits per heavy atom. The molecule has 1 atom stereocenters. The van der Waals surface area contributed by atoms with Crippen LogP contribution in [-0.2, 0) is 0 Å². The summed E-state index contributed by atoms with van der Waals surface area (Å²) in [5, 5.41) is 9.33. The summed E-state index contributed by atoms with van der Waals surface area (Å²) in [5.74, 6) is 0.219. The maximum Gasteiger partial charge on any atom is 0.0537 e. The lowest BCUT2D eigenvalue weighted by molar-refractivity contribution is 0.275. The molecule has 0 radical (unpaired) electrons. The van der Waals surface area contributed by atoms with Gasteiger partial charge in [0, 0.05) is 10.4 Å². The molecular formula is C12H13BrO. The van der Waals surface area contributed by atoms with Crippen molar-refractivity contribution in [3.05, 3.63) is 46.0 Å². The number of halogens is 1. The van der Waals surface area contributed by atoms with Gasteiger partial charge in [0.2, 0.25) is 0 Å². The first-order valence-electron chi connectivity index (χ1n) is 4.86. The minimum Gasteiger partial charge on any atom is -0.395 e. The molecule has 1 N–H and O–H groups in total. The Balaban J connectivity index is 2.22. The van der Waals surface area contributed by atoms with E-state index in [2.05, 4.69) is 34.1 Å². The average Bonchev–Trinajstić information content (AvgIpc) is 2.13. The number of allylic oxidation sites excluding steroid dienone is 1. The molecular weight excluding hydrogens is 240 g/mol. The minimum atomic E-state index is 0.216. The fourth-order valence-corrected chi connectivity index (χ4v) is 2.02. The number of aliphatic hydroxyl groups excluding tert-OH is 1. The van der Waals surface area contributed by atoms with Crippen molar-refractivity contribution < 1.29 is 5.11 Å². The molecule has 1 aromatic rings. The highest BCUT2D eigenvalue weighted by molar-refractivity contribution is 9.10. The zero-order valence-corrected chi connectivity index (χ0v) is 9.50. The van der Waals surface area contributed by atoms with Crippen LogP contribution in [0, 0.1) is 0 Å². The standard InChI is InChI=1S/C12H13BrO/c13-11-6-4-10(5-7-11)12(8-14)9-2-1-3-9/h2,4-7,12,14H,1,3,8H2. The van der Waals surface area contributed by atoms with E-state index in [1.165, 1.54) is 17.6 Å². The molecule has 0 aliphatic heterocycles. The highest BCUT2D eigenvalue weighted by atomic mass is 79.9. The fourth-order valence-electron chi connectivity index (χ4n) is 1.76. The van der Waals surface area contributed by atoms with Gasteiger partial charge in [0.05, 0.1) is 6.61 Å². The Morgan fingerprint density at radius 2 is 1.93 bits per heavy atom. The Labute approximate surface area is 92.6 Å². The number of hydrogen-bond acceptors (Lipinski definition) is 1. The number of aliphatic hydroxyl groups is 1. The van der Waals surface area contributed by atoms with Crippen molar-refractivity contribution in [1.29, 1.82) is 0 Å². The summed E-state index contributed by atoms with van der Waals surface area (Å²) >= 11 is 3.41. The molecule has 0 saturated heterocycles. The molecule has 74 valence electrons. The van der Waals surface area contributed by atoms with E-state index < -0.39 is 0 Å². The molecule has 1 nitrogen and oxygen atoms in total. The van der Waals surface area contributed by atoms with Crippen molar-refractivity contribution in [3.8, 4) is 0 Å². The maximum absolute atomic E-state index is 9.33. The maximum atomic E-state index is 9.33. The largest absolute Gasteiger partial charge is 0.395 e. The van der Waals surface area contributed by atoms with Gasteiger partial charge < -0.3 is 5.11 Å². The van der Waals surface area contributed by atoms with Crippen LogP contribution in [-0.4, -0.2) is 11.7 Å². The van der Waals surface area contributed by atoms with Crippen LogP contribution in [0.25, 0.3) is 0 Å². The van der Waals surface area contributed by atoms with Crippen molar-refractivity contribution in [2.24, 2.45) is 0 Å². The molecule has 0 spiro atoms. The lowest BCUT2D eigenvalue weighted by Crippen LogP contribution is -2.11. The summed E-state index contributed by atoms with van der Waals surface area (Å²) in [5.41, 5.74) is 2.59. The number of hydrogen-bond donors (Lipinski definition) is 1. The van der Waals surface area contributed by atoms with E-state index in [9.17, 15) is 5.11 Å². The lowest BCUT2D eigenvalue weighted by Gasteiger charge is -2.23. The Kier molecular flexibility index (Phi) is 3.04. The van der Waals surface area contributed by atoms with Crippen LogP contribution in [0.4, 0.5) is 0 Å². The van der Waals surface area contributed by atoms with Crippen molar-refractivity contribution in [2.75, 3.05) is 6.61 Å². The van der Waals surface area contributed by atoms with Crippen LogP contribution >= 0.6 is 15.9 Å². The van der Waals surface area contributed by atoms with Gasteiger partial charge in [-0.3, -0.25) is 0 Å². The van der Waals surface area contributed by atoms with E-state index in [-0.39, 0.29) is 12.5 Å². The third-order valence-electron chi connectivity index (χ3n) is 2.74. The van der Waals surface area contributed by atoms with Crippen LogP contribution in [0.1, 0.15) is 24.3 Å². The molecule has 2 rings (SSSR count). The van der Waals surface area contributed by atoms with Gasteiger partial charge in [0.15, 0.2) is 0 Å². The predicted molar refractivity (Wildman–Crippen MR) is 61.3 cm³/mol. The Morgan fingerprint density at radius 1 is 1.29 bits per heavy atom. The molecule has 2 heteroatoms. The van der Waals surface area contributed by atoms with Crippen LogP contribution < -0.4 is 0 Å². The van der Waals surface area contributed by atoms with E-state index >= 15 is 0 Å². The Hall–Kier alpha value is -0.600. The second-order valence-electron chi connectivity index (χ2n) is 3.60. The third-order valence-corrected chi connectivity index (χ3v) is 3.27. The quantitative estimate of drug-likeness (QED) is 0.820. The summed E-state index contributed by atoms with van der Waals surface area (Å²) in [6.07, 6.45) is 4.53. The second-order valence-corrected chi connectivity index (χ2v) is 4.52. The SMILES string of the molecule is OCC(C1=CCC1)c1ccc(Br)cc1. The van der Waals surface area contributed by atoms with Crippen molar-refractivity contribution in [1.82, 2.24) is 0 Å². The molecule has 1 aliphatic rings. The van der Waals surface area contributed by atoms with Gasteiger partial charge in [-0.25, -0.2) is 0 Å². The van der Waals surface area contributed by atoms with Crippen LogP contribution in [0.15, 0.2) is 40.4 Å². The van der Waals surface area contributed by atoms with Gasteiger partial charge in [0.1, 0.15) is 0 Å². The van der Waals surface area contributed by atoms with Gasteiger partial charge in [-0.15, -0.1) is 0 Å². The zero-order chi connectivity index (χ0) is 9.97. The molecule has 1 unspecified atom stereocenters. The summed E-state index contributed by atoms with van der Waals surface area (Å²) in [6.45, 7) is 0.216. The normalized spacial score (nSPS) is 17.1. The van der Waals surface area contributed by atoms with Gasteiger partial charge in [-0.2, -0.15) is 0 Å². The second kappa shape index (κ2) is 4.28. The van der Waals surface area contributed by atoms with Crippen LogP contribution in [0.5, 0.6) is 0 Å².